The van der Waals surface area contributed by atoms with Crippen molar-refractivity contribution in [2.45, 2.75) is 39.0 Å². The zero-order chi connectivity index (χ0) is 22.4. The zero-order valence-corrected chi connectivity index (χ0v) is 19.4. The SMILES string of the molecule is CC/C=C(\N=C/CCl)NC(=O)C1CC1(COc1cnc(C)nc1C)c1ccccc1Cl. The van der Waals surface area contributed by atoms with Crippen LogP contribution in [0.3, 0.4) is 0 Å². The van der Waals surface area contributed by atoms with Gasteiger partial charge in [0.1, 0.15) is 11.6 Å². The van der Waals surface area contributed by atoms with E-state index in [4.69, 9.17) is 27.9 Å². The third-order valence-corrected chi connectivity index (χ3v) is 5.76. The van der Waals surface area contributed by atoms with Crippen LogP contribution in [0.15, 0.2) is 47.4 Å². The lowest BCUT2D eigenvalue weighted by molar-refractivity contribution is -0.122. The van der Waals surface area contributed by atoms with Gasteiger partial charge in [-0.15, -0.1) is 11.6 Å². The van der Waals surface area contributed by atoms with Crippen LogP contribution in [-0.2, 0) is 10.2 Å². The Hall–Kier alpha value is -2.44. The molecule has 164 valence electrons. The molecular weight excluding hydrogens is 435 g/mol. The molecule has 2 atom stereocenters. The van der Waals surface area contributed by atoms with E-state index in [1.807, 2.05) is 51.1 Å². The third kappa shape index (κ3) is 5.43. The predicted octanol–water partition coefficient (Wildman–Crippen LogP) is 4.76. The minimum absolute atomic E-state index is 0.119. The molecule has 1 aromatic heterocycles. The van der Waals surface area contributed by atoms with Crippen LogP contribution in [0, 0.1) is 19.8 Å². The van der Waals surface area contributed by atoms with Crippen LogP contribution in [0.2, 0.25) is 5.02 Å². The van der Waals surface area contributed by atoms with E-state index in [9.17, 15) is 4.79 Å². The van der Waals surface area contributed by atoms with E-state index >= 15 is 0 Å². The fraction of sp³-hybridized carbons (Fsp3) is 0.391. The average molecular weight is 461 g/mol. The number of aryl methyl sites for hydroxylation is 2. The fourth-order valence-corrected chi connectivity index (χ4v) is 4.04. The summed E-state index contributed by atoms with van der Waals surface area (Å²) in [7, 11) is 0. The molecule has 2 unspecified atom stereocenters. The second-order valence-corrected chi connectivity index (χ2v) is 8.22. The summed E-state index contributed by atoms with van der Waals surface area (Å²) in [4.78, 5) is 25.9. The maximum Gasteiger partial charge on any atom is 0.229 e. The van der Waals surface area contributed by atoms with Crippen LogP contribution in [0.25, 0.3) is 0 Å². The molecule has 3 rings (SSSR count). The highest BCUT2D eigenvalue weighted by Gasteiger charge is 2.60. The standard InChI is InChI=1S/C23H26Cl2N4O2/c1-4-7-21(26-11-10-24)29-22(30)18-12-23(18,17-8-5-6-9-19(17)25)14-31-20-13-27-16(3)28-15(20)2/h5-9,11,13,18H,4,10,12,14H2,1-3H3,(H,29,30)/b21-7+,26-11-. The normalized spacial score (nSPS) is 20.7. The van der Waals surface area contributed by atoms with Gasteiger partial charge >= 0.3 is 0 Å². The number of nitrogens with zero attached hydrogens (tertiary/aromatic N) is 3. The van der Waals surface area contributed by atoms with E-state index in [0.717, 1.165) is 17.7 Å². The number of halogens is 2. The Morgan fingerprint density at radius 1 is 1.39 bits per heavy atom. The highest BCUT2D eigenvalue weighted by molar-refractivity contribution is 6.31. The summed E-state index contributed by atoms with van der Waals surface area (Å²) in [5.41, 5.74) is 1.12. The van der Waals surface area contributed by atoms with Crippen LogP contribution in [0.5, 0.6) is 5.75 Å². The molecule has 0 radical (unpaired) electrons. The number of aliphatic imine (C=N–C) groups is 1. The molecule has 1 saturated carbocycles. The number of rotatable bonds is 9. The first-order chi connectivity index (χ1) is 14.9. The quantitative estimate of drug-likeness (QED) is 0.432. The number of carbonyl (C=O) groups is 1. The van der Waals surface area contributed by atoms with Gasteiger partial charge in [0.2, 0.25) is 5.91 Å². The van der Waals surface area contributed by atoms with E-state index in [1.165, 1.54) is 0 Å². The van der Waals surface area contributed by atoms with E-state index in [1.54, 1.807) is 12.4 Å². The summed E-state index contributed by atoms with van der Waals surface area (Å²) in [6, 6.07) is 7.58. The Morgan fingerprint density at radius 2 is 2.16 bits per heavy atom. The first kappa shape index (κ1) is 23.2. The number of carbonyl (C=O) groups excluding carboxylic acids is 1. The van der Waals surface area contributed by atoms with Gasteiger partial charge in [0, 0.05) is 16.7 Å². The molecule has 0 aliphatic heterocycles. The number of amides is 1. The first-order valence-electron chi connectivity index (χ1n) is 10.2. The molecule has 0 bridgehead atoms. The van der Waals surface area contributed by atoms with Gasteiger partial charge in [-0.3, -0.25) is 4.79 Å². The lowest BCUT2D eigenvalue weighted by Crippen LogP contribution is -2.31. The third-order valence-electron chi connectivity index (χ3n) is 5.29. The number of allylic oxidation sites excluding steroid dienone is 1. The highest BCUT2D eigenvalue weighted by Crippen LogP contribution is 2.56. The van der Waals surface area contributed by atoms with Gasteiger partial charge in [-0.1, -0.05) is 36.7 Å². The van der Waals surface area contributed by atoms with Crippen LogP contribution in [0.1, 0.15) is 36.8 Å². The van der Waals surface area contributed by atoms with Crippen molar-refractivity contribution in [3.63, 3.8) is 0 Å². The number of hydrogen-bond donors (Lipinski definition) is 1. The second kappa shape index (κ2) is 10.2. The molecule has 1 aliphatic carbocycles. The van der Waals surface area contributed by atoms with Crippen LogP contribution in [-0.4, -0.2) is 34.6 Å². The molecule has 31 heavy (non-hydrogen) atoms. The molecule has 8 heteroatoms. The number of alkyl halides is 1. The molecule has 1 N–H and O–H groups in total. The summed E-state index contributed by atoms with van der Waals surface area (Å²) in [5, 5.41) is 3.53. The molecular formula is C23H26Cl2N4O2. The van der Waals surface area contributed by atoms with Gasteiger partial charge in [-0.2, -0.15) is 0 Å². The monoisotopic (exact) mass is 460 g/mol. The summed E-state index contributed by atoms with van der Waals surface area (Å²) in [6.45, 7) is 5.98. The highest BCUT2D eigenvalue weighted by atomic mass is 35.5. The van der Waals surface area contributed by atoms with Gasteiger partial charge in [-0.05, 0) is 44.4 Å². The Kier molecular flexibility index (Phi) is 7.68. The summed E-state index contributed by atoms with van der Waals surface area (Å²) < 4.78 is 6.10. The number of ether oxygens (including phenoxy) is 1. The maximum absolute atomic E-state index is 13.1. The van der Waals surface area contributed by atoms with Crippen LogP contribution < -0.4 is 10.1 Å². The summed E-state index contributed by atoms with van der Waals surface area (Å²) >= 11 is 12.2. The van der Waals surface area contributed by atoms with Gasteiger partial charge < -0.3 is 10.1 Å². The van der Waals surface area contributed by atoms with Gasteiger partial charge in [0.25, 0.3) is 0 Å². The fourth-order valence-electron chi connectivity index (χ4n) is 3.64. The number of benzene rings is 1. The molecule has 1 fully saturated rings. The largest absolute Gasteiger partial charge is 0.489 e. The summed E-state index contributed by atoms with van der Waals surface area (Å²) in [6.07, 6.45) is 6.43. The van der Waals surface area contributed by atoms with E-state index in [-0.39, 0.29) is 17.7 Å². The molecule has 0 spiro atoms. The second-order valence-electron chi connectivity index (χ2n) is 7.50. The number of aromatic nitrogens is 2. The molecule has 6 nitrogen and oxygen atoms in total. The minimum Gasteiger partial charge on any atom is -0.489 e. The minimum atomic E-state index is -0.534. The van der Waals surface area contributed by atoms with E-state index < -0.39 is 5.41 Å². The number of hydrogen-bond acceptors (Lipinski definition) is 5. The zero-order valence-electron chi connectivity index (χ0n) is 17.9. The number of nitrogens with one attached hydrogen (secondary N) is 1. The van der Waals surface area contributed by atoms with E-state index in [2.05, 4.69) is 20.3 Å². The van der Waals surface area contributed by atoms with Crippen molar-refractivity contribution in [3.8, 4) is 5.75 Å². The Labute approximate surface area is 192 Å². The van der Waals surface area contributed by atoms with Crippen LogP contribution in [0.4, 0.5) is 0 Å². The first-order valence-corrected chi connectivity index (χ1v) is 11.1. The van der Waals surface area contributed by atoms with Crippen molar-refractivity contribution >= 4 is 35.3 Å². The molecule has 0 saturated heterocycles. The lowest BCUT2D eigenvalue weighted by atomic mass is 9.93. The van der Waals surface area contributed by atoms with Gasteiger partial charge in [-0.25, -0.2) is 15.0 Å². The molecule has 2 aromatic rings. The van der Waals surface area contributed by atoms with Crippen molar-refractivity contribution in [1.82, 2.24) is 15.3 Å². The van der Waals surface area contributed by atoms with Crippen molar-refractivity contribution in [2.24, 2.45) is 10.9 Å². The molecule has 1 aromatic carbocycles. The van der Waals surface area contributed by atoms with Crippen LogP contribution >= 0.6 is 23.2 Å². The average Bonchev–Trinajstić information content (AvgIpc) is 3.47. The van der Waals surface area contributed by atoms with Crippen molar-refractivity contribution in [1.29, 1.82) is 0 Å². The van der Waals surface area contributed by atoms with Gasteiger partial charge in [0.15, 0.2) is 5.75 Å². The van der Waals surface area contributed by atoms with Crippen molar-refractivity contribution in [3.05, 3.63) is 64.5 Å². The predicted molar refractivity (Wildman–Crippen MR) is 124 cm³/mol. The Balaban J connectivity index is 1.84. The molecule has 1 amide bonds. The van der Waals surface area contributed by atoms with Gasteiger partial charge in [0.05, 0.1) is 30.3 Å². The topological polar surface area (TPSA) is 76.5 Å². The molecule has 1 heterocycles. The van der Waals surface area contributed by atoms with Crippen molar-refractivity contribution < 1.29 is 9.53 Å². The molecule has 1 aliphatic rings. The van der Waals surface area contributed by atoms with Crippen molar-refractivity contribution in [2.75, 3.05) is 12.5 Å². The Morgan fingerprint density at radius 3 is 2.84 bits per heavy atom. The maximum atomic E-state index is 13.1. The smallest absolute Gasteiger partial charge is 0.229 e. The summed E-state index contributed by atoms with van der Waals surface area (Å²) in [5.74, 6) is 1.63. The Bertz CT molecular complexity index is 1010. The lowest BCUT2D eigenvalue weighted by Gasteiger charge is -2.20. The van der Waals surface area contributed by atoms with E-state index in [0.29, 0.717) is 35.4 Å².